The zero-order valence-corrected chi connectivity index (χ0v) is 9.15. The highest BCUT2D eigenvalue weighted by molar-refractivity contribution is 6.06. The molecule has 0 saturated carbocycles. The molecule has 92 valence electrons. The maximum atomic E-state index is 13.3. The molecule has 0 aliphatic rings. The highest BCUT2D eigenvalue weighted by Crippen LogP contribution is 2.20. The molecule has 0 radical (unpaired) electrons. The Morgan fingerprint density at radius 1 is 1.11 bits per heavy atom. The van der Waals surface area contributed by atoms with Crippen molar-refractivity contribution < 1.29 is 18.7 Å². The van der Waals surface area contributed by atoms with Gasteiger partial charge in [0.05, 0.1) is 11.3 Å². The van der Waals surface area contributed by atoms with Gasteiger partial charge in [0.25, 0.3) is 5.91 Å². The average Bonchev–Trinajstić information content (AvgIpc) is 2.32. The summed E-state index contributed by atoms with van der Waals surface area (Å²) in [6.45, 7) is 0. The predicted octanol–water partition coefficient (Wildman–Crippen LogP) is 2.92. The van der Waals surface area contributed by atoms with Crippen LogP contribution in [-0.4, -0.2) is 11.0 Å². The zero-order valence-electron chi connectivity index (χ0n) is 9.15. The lowest BCUT2D eigenvalue weighted by Crippen LogP contribution is -2.13. The number of phenols is 1. The summed E-state index contributed by atoms with van der Waals surface area (Å²) in [5.74, 6) is -2.45. The fourth-order valence-corrected chi connectivity index (χ4v) is 1.45. The maximum absolute atomic E-state index is 13.3. The minimum atomic E-state index is -0.711. The lowest BCUT2D eigenvalue weighted by molar-refractivity contribution is 0.102. The summed E-state index contributed by atoms with van der Waals surface area (Å²) in [6, 6.07) is 8.60. The topological polar surface area (TPSA) is 49.3 Å². The molecule has 0 bridgehead atoms. The highest BCUT2D eigenvalue weighted by atomic mass is 19.1. The number of hydrogen-bond donors (Lipinski definition) is 2. The third-order valence-corrected chi connectivity index (χ3v) is 2.33. The molecule has 2 N–H and O–H groups in total. The summed E-state index contributed by atoms with van der Waals surface area (Å²) in [6.07, 6.45) is 0. The lowest BCUT2D eigenvalue weighted by Gasteiger charge is -2.07. The Hall–Kier alpha value is -2.43. The fraction of sp³-hybridized carbons (Fsp3) is 0. The van der Waals surface area contributed by atoms with Crippen LogP contribution in [0.2, 0.25) is 0 Å². The second-order valence-corrected chi connectivity index (χ2v) is 3.60. The van der Waals surface area contributed by atoms with Gasteiger partial charge in [-0.15, -0.1) is 0 Å². The Balaban J connectivity index is 2.25. The number of carbonyl (C=O) groups is 1. The molecule has 0 spiro atoms. The zero-order chi connectivity index (χ0) is 13.1. The van der Waals surface area contributed by atoms with Crippen molar-refractivity contribution in [2.75, 3.05) is 5.32 Å². The molecule has 0 atom stereocenters. The van der Waals surface area contributed by atoms with E-state index in [0.29, 0.717) is 0 Å². The Morgan fingerprint density at radius 3 is 2.50 bits per heavy atom. The fourth-order valence-electron chi connectivity index (χ4n) is 1.45. The minimum Gasteiger partial charge on any atom is -0.507 e. The minimum absolute atomic E-state index is 0.00813. The largest absolute Gasteiger partial charge is 0.507 e. The first-order chi connectivity index (χ1) is 8.58. The quantitative estimate of drug-likeness (QED) is 0.859. The van der Waals surface area contributed by atoms with E-state index < -0.39 is 23.3 Å². The van der Waals surface area contributed by atoms with Crippen LogP contribution >= 0.6 is 0 Å². The van der Waals surface area contributed by atoms with E-state index in [-0.39, 0.29) is 11.3 Å². The summed E-state index contributed by atoms with van der Waals surface area (Å²) in [5.41, 5.74) is -0.133. The third kappa shape index (κ3) is 2.45. The van der Waals surface area contributed by atoms with Gasteiger partial charge in [0.15, 0.2) is 0 Å². The summed E-state index contributed by atoms with van der Waals surface area (Å²) in [5, 5.41) is 11.7. The predicted molar refractivity (Wildman–Crippen MR) is 62.4 cm³/mol. The number of anilines is 1. The lowest BCUT2D eigenvalue weighted by atomic mass is 10.1. The van der Waals surface area contributed by atoms with E-state index in [1.165, 1.54) is 18.2 Å². The van der Waals surface area contributed by atoms with Crippen LogP contribution in [-0.2, 0) is 0 Å². The molecular weight excluding hydrogens is 240 g/mol. The molecule has 0 fully saturated rings. The van der Waals surface area contributed by atoms with E-state index in [1.807, 2.05) is 0 Å². The number of phenolic OH excluding ortho intramolecular Hbond substituents is 1. The molecule has 2 rings (SSSR count). The van der Waals surface area contributed by atoms with E-state index in [9.17, 15) is 18.7 Å². The number of para-hydroxylation sites is 1. The summed E-state index contributed by atoms with van der Waals surface area (Å²) >= 11 is 0. The van der Waals surface area contributed by atoms with Gasteiger partial charge in [0, 0.05) is 6.07 Å². The van der Waals surface area contributed by atoms with E-state index in [0.717, 1.165) is 18.2 Å². The van der Waals surface area contributed by atoms with Gasteiger partial charge < -0.3 is 10.4 Å². The second kappa shape index (κ2) is 4.83. The second-order valence-electron chi connectivity index (χ2n) is 3.60. The summed E-state index contributed by atoms with van der Waals surface area (Å²) < 4.78 is 26.0. The van der Waals surface area contributed by atoms with Crippen molar-refractivity contribution in [3.05, 3.63) is 59.7 Å². The monoisotopic (exact) mass is 249 g/mol. The van der Waals surface area contributed by atoms with Crippen LogP contribution in [0.4, 0.5) is 14.5 Å². The first-order valence-electron chi connectivity index (χ1n) is 5.12. The van der Waals surface area contributed by atoms with Gasteiger partial charge in [-0.25, -0.2) is 8.78 Å². The van der Waals surface area contributed by atoms with Gasteiger partial charge in [-0.1, -0.05) is 12.1 Å². The van der Waals surface area contributed by atoms with Crippen LogP contribution in [0.15, 0.2) is 42.5 Å². The maximum Gasteiger partial charge on any atom is 0.259 e. The van der Waals surface area contributed by atoms with Gasteiger partial charge in [0.2, 0.25) is 0 Å². The van der Waals surface area contributed by atoms with Crippen molar-refractivity contribution in [2.24, 2.45) is 0 Å². The molecule has 1 amide bonds. The standard InChI is InChI=1S/C13H9F2NO2/c14-8-5-6-9(12(17)7-8)13(18)16-11-4-2-1-3-10(11)15/h1-7,17H,(H,16,18). The van der Waals surface area contributed by atoms with Gasteiger partial charge in [0.1, 0.15) is 17.4 Å². The van der Waals surface area contributed by atoms with Crippen molar-refractivity contribution >= 4 is 11.6 Å². The number of aromatic hydroxyl groups is 1. The molecule has 0 heterocycles. The number of nitrogens with one attached hydrogen (secondary N) is 1. The van der Waals surface area contributed by atoms with Crippen LogP contribution in [0.25, 0.3) is 0 Å². The average molecular weight is 249 g/mol. The third-order valence-electron chi connectivity index (χ3n) is 2.33. The molecule has 3 nitrogen and oxygen atoms in total. The molecular formula is C13H9F2NO2. The Bertz CT molecular complexity index is 599. The smallest absolute Gasteiger partial charge is 0.259 e. The summed E-state index contributed by atoms with van der Waals surface area (Å²) in [4.78, 5) is 11.7. The summed E-state index contributed by atoms with van der Waals surface area (Å²) in [7, 11) is 0. The number of amides is 1. The Morgan fingerprint density at radius 2 is 1.83 bits per heavy atom. The molecule has 18 heavy (non-hydrogen) atoms. The van der Waals surface area contributed by atoms with Crippen LogP contribution in [0.1, 0.15) is 10.4 Å². The molecule has 0 aliphatic carbocycles. The molecule has 0 aliphatic heterocycles. The van der Waals surface area contributed by atoms with Gasteiger partial charge in [-0.3, -0.25) is 4.79 Å². The van der Waals surface area contributed by atoms with Crippen LogP contribution in [0.3, 0.4) is 0 Å². The number of benzene rings is 2. The van der Waals surface area contributed by atoms with Gasteiger partial charge in [-0.05, 0) is 24.3 Å². The molecule has 2 aromatic carbocycles. The SMILES string of the molecule is O=C(Nc1ccccc1F)c1ccc(F)cc1O. The Kier molecular flexibility index (Phi) is 3.23. The number of rotatable bonds is 2. The molecule has 0 unspecified atom stereocenters. The molecule has 0 aromatic heterocycles. The van der Waals surface area contributed by atoms with Crippen molar-refractivity contribution in [3.63, 3.8) is 0 Å². The highest BCUT2D eigenvalue weighted by Gasteiger charge is 2.13. The van der Waals surface area contributed by atoms with Crippen molar-refractivity contribution in [1.82, 2.24) is 0 Å². The van der Waals surface area contributed by atoms with Crippen molar-refractivity contribution in [3.8, 4) is 5.75 Å². The number of halogens is 2. The molecule has 5 heteroatoms. The molecule has 0 saturated heterocycles. The van der Waals surface area contributed by atoms with Gasteiger partial charge >= 0.3 is 0 Å². The van der Waals surface area contributed by atoms with Gasteiger partial charge in [-0.2, -0.15) is 0 Å². The Labute approximate surface area is 102 Å². The number of hydrogen-bond acceptors (Lipinski definition) is 2. The molecule has 2 aromatic rings. The van der Waals surface area contributed by atoms with E-state index in [1.54, 1.807) is 6.07 Å². The first-order valence-corrected chi connectivity index (χ1v) is 5.12. The normalized spacial score (nSPS) is 10.1. The van der Waals surface area contributed by atoms with Crippen LogP contribution in [0, 0.1) is 11.6 Å². The van der Waals surface area contributed by atoms with E-state index in [2.05, 4.69) is 5.32 Å². The van der Waals surface area contributed by atoms with Crippen LogP contribution < -0.4 is 5.32 Å². The first kappa shape index (κ1) is 12.0. The number of carbonyl (C=O) groups excluding carboxylic acids is 1. The van der Waals surface area contributed by atoms with E-state index >= 15 is 0 Å². The van der Waals surface area contributed by atoms with E-state index in [4.69, 9.17) is 0 Å². The van der Waals surface area contributed by atoms with Crippen molar-refractivity contribution in [1.29, 1.82) is 0 Å². The van der Waals surface area contributed by atoms with Crippen LogP contribution in [0.5, 0.6) is 5.75 Å². The van der Waals surface area contributed by atoms with Crippen molar-refractivity contribution in [2.45, 2.75) is 0 Å².